The van der Waals surface area contributed by atoms with Crippen molar-refractivity contribution in [3.8, 4) is 0 Å². The highest BCUT2D eigenvalue weighted by molar-refractivity contribution is 5.79. The normalized spacial score (nSPS) is 35.9. The fourth-order valence-electron chi connectivity index (χ4n) is 8.60. The van der Waals surface area contributed by atoms with E-state index in [2.05, 4.69) is 16.0 Å². The van der Waals surface area contributed by atoms with Gasteiger partial charge in [-0.1, -0.05) is 45.4 Å². The highest BCUT2D eigenvalue weighted by Crippen LogP contribution is 2.40. The first kappa shape index (κ1) is 48.6. The summed E-state index contributed by atoms with van der Waals surface area (Å²) in [7, 11) is 0. The Morgan fingerprint density at radius 3 is 2.14 bits per heavy atom. The van der Waals surface area contributed by atoms with E-state index in [1.54, 1.807) is 0 Å². The van der Waals surface area contributed by atoms with Crippen LogP contribution in [0.1, 0.15) is 97.8 Å². The largest absolute Gasteiger partial charge is 0.481 e. The Morgan fingerprint density at radius 1 is 0.814 bits per heavy atom. The van der Waals surface area contributed by atoms with Gasteiger partial charge in [0.05, 0.1) is 24.9 Å². The quantitative estimate of drug-likeness (QED) is 0.0650. The summed E-state index contributed by atoms with van der Waals surface area (Å²) in [5.41, 5.74) is 0. The fraction of sp³-hybridized carbons (Fsp3) is 0.872. The van der Waals surface area contributed by atoms with E-state index in [0.29, 0.717) is 6.42 Å². The summed E-state index contributed by atoms with van der Waals surface area (Å²) >= 11 is 0. The lowest BCUT2D eigenvalue weighted by Crippen LogP contribution is -2.67. The average Bonchev–Trinajstić information content (AvgIpc) is 3.19. The van der Waals surface area contributed by atoms with Gasteiger partial charge in [-0.2, -0.15) is 0 Å². The zero-order chi connectivity index (χ0) is 43.4. The van der Waals surface area contributed by atoms with Gasteiger partial charge in [0, 0.05) is 38.8 Å². The first-order chi connectivity index (χ1) is 28.0. The lowest BCUT2D eigenvalue weighted by Gasteiger charge is -2.49. The molecule has 0 aromatic heterocycles. The lowest BCUT2D eigenvalue weighted by molar-refractivity contribution is -0.338. The van der Waals surface area contributed by atoms with Gasteiger partial charge in [-0.25, -0.2) is 4.79 Å². The van der Waals surface area contributed by atoms with Crippen molar-refractivity contribution in [3.63, 3.8) is 0 Å². The number of carboxylic acids is 2. The summed E-state index contributed by atoms with van der Waals surface area (Å²) in [4.78, 5) is 61.8. The Labute approximate surface area is 343 Å². The summed E-state index contributed by atoms with van der Waals surface area (Å²) < 4.78 is 30.9. The molecule has 4 aliphatic rings. The molecule has 0 aromatic rings. The summed E-state index contributed by atoms with van der Waals surface area (Å²) in [5, 5.41) is 80.7. The van der Waals surface area contributed by atoms with Crippen LogP contribution in [0.5, 0.6) is 0 Å². The van der Waals surface area contributed by atoms with Crippen LogP contribution in [0.25, 0.3) is 0 Å². The van der Waals surface area contributed by atoms with Gasteiger partial charge in [0.15, 0.2) is 18.7 Å². The van der Waals surface area contributed by atoms with Crippen LogP contribution in [-0.4, -0.2) is 165 Å². The molecule has 2 saturated heterocycles. The van der Waals surface area contributed by atoms with Crippen LogP contribution >= 0.6 is 0 Å². The zero-order valence-corrected chi connectivity index (χ0v) is 34.1. The third-order valence-corrected chi connectivity index (χ3v) is 11.9. The number of carbonyl (C=O) groups is 5. The van der Waals surface area contributed by atoms with Crippen molar-refractivity contribution in [1.82, 2.24) is 16.0 Å². The maximum atomic E-state index is 13.7. The van der Waals surface area contributed by atoms with Crippen LogP contribution in [0.15, 0.2) is 0 Å². The van der Waals surface area contributed by atoms with E-state index in [0.717, 1.165) is 32.1 Å². The van der Waals surface area contributed by atoms with Crippen molar-refractivity contribution < 1.29 is 83.4 Å². The minimum Gasteiger partial charge on any atom is -0.481 e. The number of rotatable bonds is 20. The van der Waals surface area contributed by atoms with Crippen molar-refractivity contribution in [2.24, 2.45) is 17.8 Å². The van der Waals surface area contributed by atoms with E-state index < -0.39 is 122 Å². The molecule has 4 rings (SSSR count). The minimum absolute atomic E-state index is 0.00982. The predicted octanol–water partition coefficient (Wildman–Crippen LogP) is -1.10. The van der Waals surface area contributed by atoms with Gasteiger partial charge in [0.25, 0.3) is 0 Å². The molecule has 15 atom stereocenters. The van der Waals surface area contributed by atoms with E-state index in [9.17, 15) is 54.6 Å². The Balaban J connectivity index is 1.59. The zero-order valence-electron chi connectivity index (χ0n) is 34.1. The maximum absolute atomic E-state index is 13.7. The number of amides is 3. The highest BCUT2D eigenvalue weighted by atomic mass is 16.7. The second-order valence-electron chi connectivity index (χ2n) is 16.3. The van der Waals surface area contributed by atoms with Gasteiger partial charge in [0.2, 0.25) is 17.7 Å². The van der Waals surface area contributed by atoms with E-state index in [-0.39, 0.29) is 63.4 Å². The van der Waals surface area contributed by atoms with Gasteiger partial charge >= 0.3 is 11.9 Å². The number of aliphatic hydroxyl groups is 5. The van der Waals surface area contributed by atoms with Crippen LogP contribution in [0, 0.1) is 17.8 Å². The molecule has 2 saturated carbocycles. The van der Waals surface area contributed by atoms with Gasteiger partial charge in [-0.15, -0.1) is 0 Å². The number of ether oxygens (including phenoxy) is 5. The molecule has 6 unspecified atom stereocenters. The molecule has 0 aromatic carbocycles. The Hall–Kier alpha value is -3.05. The van der Waals surface area contributed by atoms with Crippen LogP contribution in [-0.2, 0) is 47.7 Å². The van der Waals surface area contributed by atoms with Gasteiger partial charge < -0.3 is 75.4 Å². The molecule has 0 spiro atoms. The number of aliphatic carboxylic acids is 2. The van der Waals surface area contributed by atoms with Crippen molar-refractivity contribution in [3.05, 3.63) is 0 Å². The van der Waals surface area contributed by atoms with E-state index in [1.807, 2.05) is 6.92 Å². The molecule has 4 fully saturated rings. The first-order valence-electron chi connectivity index (χ1n) is 20.9. The fourth-order valence-corrected chi connectivity index (χ4v) is 8.60. The monoisotopic (exact) mass is 847 g/mol. The minimum atomic E-state index is -1.68. The molecular weight excluding hydrogens is 782 g/mol. The second kappa shape index (κ2) is 23.2. The molecule has 3 amide bonds. The molecule has 20 nitrogen and oxygen atoms in total. The van der Waals surface area contributed by atoms with Crippen LogP contribution in [0.3, 0.4) is 0 Å². The molecule has 338 valence electrons. The van der Waals surface area contributed by atoms with Crippen molar-refractivity contribution in [2.75, 3.05) is 19.7 Å². The molecular formula is C39H65N3O17. The highest BCUT2D eigenvalue weighted by Gasteiger charge is 2.53. The Bertz CT molecular complexity index is 1390. The number of nitrogens with one attached hydrogen (secondary N) is 3. The standard InChI is InChI=1S/C39H65N3O17/c1-4-22-16-23(36(52)41-14-13-40-27(45)11-8-12-28(46)47)17-24(34(22)59-39-33(51)32(50)30(48)19(2)55-39)57-38-29(42-20(3)44)35(31(49)26(18-43)58-38)56-25(37(53)54)15-21-9-6-5-7-10-21/h19,21-26,29-35,38-39,43,48-51H,4-18H2,1-3H3,(H,40,45)(H,41,52)(H,42,44)(H,46,47)(H,53,54)/t19?,22?,23?,24-,25+,26+,29?,30-,31+,32+,33?,34-,35?,38-,39+/m1/s1. The summed E-state index contributed by atoms with van der Waals surface area (Å²) in [6, 6.07) is -1.33. The third kappa shape index (κ3) is 13.7. The number of aliphatic hydroxyl groups excluding tert-OH is 5. The maximum Gasteiger partial charge on any atom is 0.332 e. The molecule has 2 aliphatic heterocycles. The SMILES string of the molecule is CCC1CC(C(=O)NCCNC(=O)CCCC(=O)O)C[C@@H](O[C@@H]2O[C@@H](CO)[C@H](O)C(O[C@@H](CC3CCCCC3)C(=O)O)C2NC(C)=O)[C@@H]1O[C@@H]1OC(C)[C@@H](O)[C@H](O)C1O. The molecule has 2 heterocycles. The molecule has 0 radical (unpaired) electrons. The van der Waals surface area contributed by atoms with Crippen LogP contribution < -0.4 is 16.0 Å². The van der Waals surface area contributed by atoms with Crippen LogP contribution in [0.2, 0.25) is 0 Å². The molecule has 20 heteroatoms. The first-order valence-corrected chi connectivity index (χ1v) is 20.9. The number of hydrogen-bond acceptors (Lipinski definition) is 15. The third-order valence-electron chi connectivity index (χ3n) is 11.9. The van der Waals surface area contributed by atoms with Gasteiger partial charge in [0.1, 0.15) is 42.7 Å². The summed E-state index contributed by atoms with van der Waals surface area (Å²) in [6.07, 6.45) is -11.1. The molecule has 0 bridgehead atoms. The summed E-state index contributed by atoms with van der Waals surface area (Å²) in [6.45, 7) is 3.94. The average molecular weight is 848 g/mol. The topological polar surface area (TPSA) is 309 Å². The Morgan fingerprint density at radius 2 is 1.51 bits per heavy atom. The number of carboxylic acid groups (broad SMARTS) is 2. The van der Waals surface area contributed by atoms with Crippen molar-refractivity contribution >= 4 is 29.7 Å². The van der Waals surface area contributed by atoms with E-state index >= 15 is 0 Å². The molecule has 59 heavy (non-hydrogen) atoms. The molecule has 10 N–H and O–H groups in total. The van der Waals surface area contributed by atoms with E-state index in [4.69, 9.17) is 28.8 Å². The number of hydrogen-bond donors (Lipinski definition) is 10. The van der Waals surface area contributed by atoms with Crippen molar-refractivity contribution in [2.45, 2.75) is 177 Å². The van der Waals surface area contributed by atoms with Gasteiger partial charge in [-0.05, 0) is 44.4 Å². The predicted molar refractivity (Wildman–Crippen MR) is 203 cm³/mol. The Kier molecular flexibility index (Phi) is 19.2. The van der Waals surface area contributed by atoms with Gasteiger partial charge in [-0.3, -0.25) is 19.2 Å². The van der Waals surface area contributed by atoms with E-state index in [1.165, 1.54) is 13.8 Å². The second-order valence-corrected chi connectivity index (χ2v) is 16.3. The van der Waals surface area contributed by atoms with Crippen molar-refractivity contribution in [1.29, 1.82) is 0 Å². The summed E-state index contributed by atoms with van der Waals surface area (Å²) in [5.74, 6) is -4.75. The molecule has 2 aliphatic carbocycles. The van der Waals surface area contributed by atoms with Crippen LogP contribution in [0.4, 0.5) is 0 Å². The number of carbonyl (C=O) groups excluding carboxylic acids is 3. The smallest absolute Gasteiger partial charge is 0.332 e. The lowest BCUT2D eigenvalue weighted by atomic mass is 9.75.